The number of nitrogens with zero attached hydrogens (tertiary/aromatic N) is 2. The summed E-state index contributed by atoms with van der Waals surface area (Å²) in [4.78, 5) is 4.34. The van der Waals surface area contributed by atoms with Crippen LogP contribution in [0.2, 0.25) is 0 Å². The van der Waals surface area contributed by atoms with Gasteiger partial charge in [0.15, 0.2) is 0 Å². The molecule has 1 atom stereocenters. The van der Waals surface area contributed by atoms with E-state index in [4.69, 9.17) is 4.74 Å². The van der Waals surface area contributed by atoms with Gasteiger partial charge in [-0.2, -0.15) is 0 Å². The zero-order chi connectivity index (χ0) is 16.4. The highest BCUT2D eigenvalue weighted by Gasteiger charge is 2.10. The molecule has 0 saturated heterocycles. The van der Waals surface area contributed by atoms with Crippen molar-refractivity contribution in [1.29, 1.82) is 0 Å². The predicted octanol–water partition coefficient (Wildman–Crippen LogP) is 3.63. The number of aliphatic hydroxyl groups is 1. The Kier molecular flexibility index (Phi) is 3.89. The first kappa shape index (κ1) is 14.7. The topological polar surface area (TPSA) is 47.3 Å². The largest absolute Gasteiger partial charge is 0.490 e. The summed E-state index contributed by atoms with van der Waals surface area (Å²) in [7, 11) is 0. The standard InChI is InChI=1S/C20H18N2O2/c23-16(12-22-14-21-18-9-3-4-10-19(18)22)13-24-20-11-5-7-15-6-1-2-8-17(15)20/h1-11,14,16,23H,12-13H2. The number of fused-ring (bicyclic) bond motifs is 2. The summed E-state index contributed by atoms with van der Waals surface area (Å²) in [6, 6.07) is 21.9. The van der Waals surface area contributed by atoms with Crippen molar-refractivity contribution >= 4 is 21.8 Å². The van der Waals surface area contributed by atoms with Crippen molar-refractivity contribution in [2.45, 2.75) is 12.6 Å². The second-order valence-electron chi connectivity index (χ2n) is 5.83. The lowest BCUT2D eigenvalue weighted by atomic mass is 10.1. The minimum absolute atomic E-state index is 0.237. The molecular formula is C20H18N2O2. The third-order valence-corrected chi connectivity index (χ3v) is 4.12. The van der Waals surface area contributed by atoms with Crippen LogP contribution in [0.25, 0.3) is 21.8 Å². The molecule has 0 fully saturated rings. The molecule has 4 heteroatoms. The van der Waals surface area contributed by atoms with E-state index in [2.05, 4.69) is 17.1 Å². The van der Waals surface area contributed by atoms with Crippen molar-refractivity contribution in [3.8, 4) is 5.75 Å². The van der Waals surface area contributed by atoms with Gasteiger partial charge in [-0.15, -0.1) is 0 Å². The van der Waals surface area contributed by atoms with E-state index in [9.17, 15) is 5.11 Å². The van der Waals surface area contributed by atoms with E-state index >= 15 is 0 Å². The van der Waals surface area contributed by atoms with Gasteiger partial charge < -0.3 is 14.4 Å². The van der Waals surface area contributed by atoms with Crippen LogP contribution in [-0.2, 0) is 6.54 Å². The van der Waals surface area contributed by atoms with Crippen LogP contribution in [0, 0.1) is 0 Å². The molecule has 0 bridgehead atoms. The van der Waals surface area contributed by atoms with Crippen molar-refractivity contribution in [1.82, 2.24) is 9.55 Å². The van der Waals surface area contributed by atoms with Crippen LogP contribution in [0.5, 0.6) is 5.75 Å². The molecule has 0 aliphatic heterocycles. The summed E-state index contributed by atoms with van der Waals surface area (Å²) >= 11 is 0. The summed E-state index contributed by atoms with van der Waals surface area (Å²) in [5.41, 5.74) is 1.95. The molecule has 3 aromatic carbocycles. The van der Waals surface area contributed by atoms with Crippen LogP contribution in [-0.4, -0.2) is 27.4 Å². The van der Waals surface area contributed by atoms with Gasteiger partial charge in [-0.1, -0.05) is 48.5 Å². The van der Waals surface area contributed by atoms with E-state index in [0.29, 0.717) is 6.54 Å². The molecule has 1 unspecified atom stereocenters. The normalized spacial score (nSPS) is 12.5. The lowest BCUT2D eigenvalue weighted by Gasteiger charge is -2.15. The Hall–Kier alpha value is -2.85. The number of hydrogen-bond donors (Lipinski definition) is 1. The second-order valence-corrected chi connectivity index (χ2v) is 5.83. The van der Waals surface area contributed by atoms with Gasteiger partial charge in [0.2, 0.25) is 0 Å². The molecule has 1 N–H and O–H groups in total. The van der Waals surface area contributed by atoms with Crippen molar-refractivity contribution in [2.75, 3.05) is 6.61 Å². The molecule has 1 heterocycles. The van der Waals surface area contributed by atoms with Gasteiger partial charge in [-0.25, -0.2) is 4.98 Å². The lowest BCUT2D eigenvalue weighted by Crippen LogP contribution is -2.23. The zero-order valence-corrected chi connectivity index (χ0v) is 13.2. The minimum atomic E-state index is -0.610. The highest BCUT2D eigenvalue weighted by Crippen LogP contribution is 2.25. The molecule has 0 saturated carbocycles. The molecule has 4 rings (SSSR count). The Morgan fingerprint density at radius 1 is 0.958 bits per heavy atom. The Labute approximate surface area is 139 Å². The fraction of sp³-hybridized carbons (Fsp3) is 0.150. The highest BCUT2D eigenvalue weighted by molar-refractivity contribution is 5.88. The maximum atomic E-state index is 10.3. The molecular weight excluding hydrogens is 300 g/mol. The predicted molar refractivity (Wildman–Crippen MR) is 95.2 cm³/mol. The smallest absolute Gasteiger partial charge is 0.127 e. The number of rotatable bonds is 5. The van der Waals surface area contributed by atoms with Gasteiger partial charge in [0, 0.05) is 5.39 Å². The van der Waals surface area contributed by atoms with Crippen molar-refractivity contribution in [3.05, 3.63) is 73.1 Å². The number of benzene rings is 3. The first-order valence-corrected chi connectivity index (χ1v) is 8.00. The fourth-order valence-electron chi connectivity index (χ4n) is 2.94. The van der Waals surface area contributed by atoms with Crippen LogP contribution in [0.1, 0.15) is 0 Å². The second kappa shape index (κ2) is 6.34. The molecule has 120 valence electrons. The van der Waals surface area contributed by atoms with Crippen LogP contribution in [0.3, 0.4) is 0 Å². The summed E-state index contributed by atoms with van der Waals surface area (Å²) in [6.07, 6.45) is 1.15. The minimum Gasteiger partial charge on any atom is -0.490 e. The maximum absolute atomic E-state index is 10.3. The monoisotopic (exact) mass is 318 g/mol. The van der Waals surface area contributed by atoms with E-state index in [1.807, 2.05) is 59.2 Å². The third kappa shape index (κ3) is 2.84. The summed E-state index contributed by atoms with van der Waals surface area (Å²) in [5.74, 6) is 0.794. The summed E-state index contributed by atoms with van der Waals surface area (Å²) in [6.45, 7) is 0.686. The molecule has 4 aromatic rings. The van der Waals surface area contributed by atoms with Crippen LogP contribution in [0.4, 0.5) is 0 Å². The van der Waals surface area contributed by atoms with Gasteiger partial charge in [-0.05, 0) is 23.6 Å². The molecule has 4 nitrogen and oxygen atoms in total. The van der Waals surface area contributed by atoms with Crippen LogP contribution in [0.15, 0.2) is 73.1 Å². The van der Waals surface area contributed by atoms with Crippen molar-refractivity contribution in [2.24, 2.45) is 0 Å². The van der Waals surface area contributed by atoms with Crippen molar-refractivity contribution in [3.63, 3.8) is 0 Å². The Morgan fingerprint density at radius 3 is 2.71 bits per heavy atom. The van der Waals surface area contributed by atoms with E-state index in [0.717, 1.165) is 27.6 Å². The van der Waals surface area contributed by atoms with E-state index in [1.165, 1.54) is 0 Å². The zero-order valence-electron chi connectivity index (χ0n) is 13.2. The van der Waals surface area contributed by atoms with Crippen LogP contribution < -0.4 is 4.74 Å². The molecule has 1 aromatic heterocycles. The quantitative estimate of drug-likeness (QED) is 0.611. The molecule has 24 heavy (non-hydrogen) atoms. The number of hydrogen-bond acceptors (Lipinski definition) is 3. The average Bonchev–Trinajstić information content (AvgIpc) is 3.03. The number of aromatic nitrogens is 2. The van der Waals surface area contributed by atoms with Gasteiger partial charge in [0.25, 0.3) is 0 Å². The maximum Gasteiger partial charge on any atom is 0.127 e. The molecule has 0 aliphatic carbocycles. The fourth-order valence-corrected chi connectivity index (χ4v) is 2.94. The number of imidazole rings is 1. The Bertz CT molecular complexity index is 972. The number of para-hydroxylation sites is 2. The van der Waals surface area contributed by atoms with E-state index in [-0.39, 0.29) is 6.61 Å². The molecule has 0 amide bonds. The van der Waals surface area contributed by atoms with Gasteiger partial charge in [0.05, 0.1) is 23.9 Å². The third-order valence-electron chi connectivity index (χ3n) is 4.12. The van der Waals surface area contributed by atoms with Crippen LogP contribution >= 0.6 is 0 Å². The van der Waals surface area contributed by atoms with Gasteiger partial charge in [0.1, 0.15) is 18.5 Å². The highest BCUT2D eigenvalue weighted by atomic mass is 16.5. The number of aliphatic hydroxyl groups excluding tert-OH is 1. The van der Waals surface area contributed by atoms with Crippen molar-refractivity contribution < 1.29 is 9.84 Å². The van der Waals surface area contributed by atoms with E-state index < -0.39 is 6.10 Å². The van der Waals surface area contributed by atoms with E-state index in [1.54, 1.807) is 6.33 Å². The molecule has 0 aliphatic rings. The Morgan fingerprint density at radius 2 is 1.75 bits per heavy atom. The number of ether oxygens (including phenoxy) is 1. The van der Waals surface area contributed by atoms with Gasteiger partial charge >= 0.3 is 0 Å². The SMILES string of the molecule is OC(COc1cccc2ccccc12)Cn1cnc2ccccc21. The molecule has 0 spiro atoms. The first-order chi connectivity index (χ1) is 11.8. The molecule has 0 radical (unpaired) electrons. The van der Waals surface area contributed by atoms with Gasteiger partial charge in [-0.3, -0.25) is 0 Å². The lowest BCUT2D eigenvalue weighted by molar-refractivity contribution is 0.0942. The Balaban J connectivity index is 1.47. The first-order valence-electron chi connectivity index (χ1n) is 8.00. The summed E-state index contributed by atoms with van der Waals surface area (Å²) < 4.78 is 7.81. The summed E-state index contributed by atoms with van der Waals surface area (Å²) in [5, 5.41) is 12.5. The average molecular weight is 318 g/mol.